The summed E-state index contributed by atoms with van der Waals surface area (Å²) in [6.07, 6.45) is -42.6. The Balaban J connectivity index is 0.828. The third-order valence-electron chi connectivity index (χ3n) is 23.8. The average molecular weight is 1430 g/mol. The maximum Gasteiger partial charge on any atom is 0.314 e. The molecule has 99 heavy (non-hydrogen) atoms. The van der Waals surface area contributed by atoms with Crippen LogP contribution in [0.3, 0.4) is 0 Å². The highest BCUT2D eigenvalue weighted by atomic mass is 17.2. The van der Waals surface area contributed by atoms with Crippen molar-refractivity contribution in [1.29, 1.82) is 0 Å². The van der Waals surface area contributed by atoms with Gasteiger partial charge in [-0.15, -0.1) is 0 Å². The molecule has 0 unspecified atom stereocenters. The molecule has 36 atom stereocenters. The Morgan fingerprint density at radius 2 is 1.09 bits per heavy atom. The van der Waals surface area contributed by atoms with E-state index >= 15 is 0 Å². The fourth-order valence-electron chi connectivity index (χ4n) is 18.6. The van der Waals surface area contributed by atoms with Gasteiger partial charge >= 0.3 is 5.97 Å². The highest BCUT2D eigenvalue weighted by Crippen LogP contribution is 2.75. The van der Waals surface area contributed by atoms with Crippen LogP contribution >= 0.6 is 0 Å². The monoisotopic (exact) mass is 1430 g/mol. The van der Waals surface area contributed by atoms with Gasteiger partial charge in [-0.05, 0) is 93.8 Å². The number of aliphatic hydroxyl groups excluding tert-OH is 14. The maximum atomic E-state index is 14.5. The van der Waals surface area contributed by atoms with Gasteiger partial charge in [-0.3, -0.25) is 9.59 Å². The largest absolute Gasteiger partial charge is 0.458 e. The van der Waals surface area contributed by atoms with Crippen molar-refractivity contribution in [2.75, 3.05) is 47.3 Å². The summed E-state index contributed by atoms with van der Waals surface area (Å²) in [7, 11) is 2.21. The summed E-state index contributed by atoms with van der Waals surface area (Å²) in [4.78, 5) is 60.4. The number of Topliss-reactive ketones (excluding diaryl/α,β-unsaturated/α-hetero) is 2. The van der Waals surface area contributed by atoms with Crippen molar-refractivity contribution in [2.24, 2.45) is 39.4 Å². The molecule has 3 saturated carbocycles. The van der Waals surface area contributed by atoms with E-state index in [1.165, 1.54) is 19.4 Å². The molecule has 10 fully saturated rings. The van der Waals surface area contributed by atoms with Crippen LogP contribution in [-0.2, 0) is 95.5 Å². The van der Waals surface area contributed by atoms with Crippen molar-refractivity contribution in [3.05, 3.63) is 11.6 Å². The molecule has 34 heteroatoms. The Morgan fingerprint density at radius 3 is 1.68 bits per heavy atom. The Bertz CT molecular complexity index is 2820. The summed E-state index contributed by atoms with van der Waals surface area (Å²) in [6, 6.07) is 0. The SMILES string of the molecule is COO[C@@H]1[C@@H](O)[C@H](O[C@@H]2[C@@H](O)[C@H](O[C@@H]3CO[C@@H](O[C@H]4CC[C@]5(C)C6=CC[C@]78C(=O)O[C@@](C)(CCCC(C)=O)[C@H]7C(=O)C[C@@]8(C)[C@@H]6CC[C@H]5C4(C)C)[C@H](O[C@@H]4O[C@H](C)[C@@H](O[C@@H]5OC[C@@H](O)[C@H](O[C@@H]6O[C@H](CO)[C@@H](O)[C@H](OOC)[C@H]6O)[C@H]5O)[C@H](O)[C@H]4O)[C@H]3O)O[C@H](CO)[C@H]2O)O[C@H](CO)[C@H]1O. The molecule has 0 aromatic rings. The number of allylic oxidation sites excluding steroid dienone is 2. The third kappa shape index (κ3) is 13.7. The first-order valence-corrected chi connectivity index (χ1v) is 34.2. The van der Waals surface area contributed by atoms with Crippen molar-refractivity contribution in [1.82, 2.24) is 0 Å². The lowest BCUT2D eigenvalue weighted by atomic mass is 9.41. The van der Waals surface area contributed by atoms with E-state index in [1.54, 1.807) is 0 Å². The van der Waals surface area contributed by atoms with Gasteiger partial charge in [-0.25, -0.2) is 19.6 Å². The van der Waals surface area contributed by atoms with E-state index in [9.17, 15) is 85.9 Å². The van der Waals surface area contributed by atoms with Gasteiger partial charge in [0.1, 0.15) is 133 Å². The highest BCUT2D eigenvalue weighted by Gasteiger charge is 2.79. The van der Waals surface area contributed by atoms with Crippen molar-refractivity contribution >= 4 is 17.5 Å². The number of carbonyl (C=O) groups is 3. The first kappa shape index (κ1) is 77.4. The molecule has 0 aromatic heterocycles. The average Bonchev–Trinajstić information content (AvgIpc) is 1.51. The summed E-state index contributed by atoms with van der Waals surface area (Å²) in [5.41, 5.74) is -2.92. The lowest BCUT2D eigenvalue weighted by molar-refractivity contribution is -0.408. The summed E-state index contributed by atoms with van der Waals surface area (Å²) in [5.74, 6) is -1.29. The number of ketones is 2. The van der Waals surface area contributed by atoms with Crippen LogP contribution in [0, 0.1) is 39.4 Å². The number of esters is 1. The fraction of sp³-hybridized carbons (Fsp3) is 0.923. The number of cyclic esters (lactones) is 1. The first-order chi connectivity index (χ1) is 46.8. The van der Waals surface area contributed by atoms with Crippen LogP contribution in [0.15, 0.2) is 11.6 Å². The Morgan fingerprint density at radius 1 is 0.566 bits per heavy atom. The molecule has 0 amide bonds. The van der Waals surface area contributed by atoms with Crippen LogP contribution < -0.4 is 0 Å². The molecular formula is C65H102O34. The molecule has 566 valence electrons. The standard InChI is InChI=1S/C65H102O34/c1-25(69)11-10-16-64(7)53-29(70)19-63(6)28-12-13-35-61(3,4)36(15-17-62(35,5)27(28)14-18-65(53,63)60(82)97-64)92-59-52(40(75)34(24-86-59)91-56-44(79)49(37(72)31(20-66)88-56)95-58-46(81)51(99-84-9)39(74)33(22-68)90-58)96-55-42(77)41(76)47(26(2)87-55)93-54-43(78)48(30(71)23-85-54)94-57-45(80)50(98-83-8)38(73)32(21-67)89-57/h14,26,28,30-59,66-68,71-81H,10-13,15-24H2,1-9H3/t26-,28-,30-,31-,32-,33-,34-,35+,36+,37-,38-,39-,40+,41-,42-,43-,44-,45-,46-,47-,48+,49+,50+,51+,52-,53-,54+,55+,56+,57+,58+,59+,62-,63+,64+,65-/m1/s1. The molecule has 0 aromatic carbocycles. The van der Waals surface area contributed by atoms with Gasteiger partial charge in [-0.1, -0.05) is 39.3 Å². The first-order valence-electron chi connectivity index (χ1n) is 34.2. The smallest absolute Gasteiger partial charge is 0.314 e. The fourth-order valence-corrected chi connectivity index (χ4v) is 18.6. The summed E-state index contributed by atoms with van der Waals surface area (Å²) in [6.45, 7) is 9.61. The second-order valence-electron chi connectivity index (χ2n) is 30.0. The molecule has 0 bridgehead atoms. The van der Waals surface area contributed by atoms with Crippen LogP contribution in [0.2, 0.25) is 0 Å². The molecule has 14 N–H and O–H groups in total. The van der Waals surface area contributed by atoms with Crippen molar-refractivity contribution in [3.63, 3.8) is 0 Å². The summed E-state index contributed by atoms with van der Waals surface area (Å²) >= 11 is 0. The van der Waals surface area contributed by atoms with E-state index in [2.05, 4.69) is 43.5 Å². The predicted molar refractivity (Wildman–Crippen MR) is 323 cm³/mol. The zero-order chi connectivity index (χ0) is 71.9. The van der Waals surface area contributed by atoms with Gasteiger partial charge < -0.3 is 138 Å². The van der Waals surface area contributed by atoms with Crippen LogP contribution in [0.5, 0.6) is 0 Å². The number of carbonyl (C=O) groups excluding carboxylic acids is 3. The van der Waals surface area contributed by atoms with E-state index in [1.807, 2.05) is 6.92 Å². The van der Waals surface area contributed by atoms with Gasteiger partial charge in [0.25, 0.3) is 0 Å². The van der Waals surface area contributed by atoms with Crippen molar-refractivity contribution < 1.29 is 167 Å². The Hall–Kier alpha value is -2.65. The number of rotatable bonds is 23. The van der Waals surface area contributed by atoms with E-state index in [0.29, 0.717) is 51.4 Å². The van der Waals surface area contributed by atoms with Crippen LogP contribution in [0.4, 0.5) is 0 Å². The number of ether oxygens (including phenoxy) is 13. The van der Waals surface area contributed by atoms with E-state index in [4.69, 9.17) is 71.4 Å². The van der Waals surface area contributed by atoms with Crippen LogP contribution in [-0.4, -0.2) is 320 Å². The van der Waals surface area contributed by atoms with Gasteiger partial charge in [0, 0.05) is 12.8 Å². The van der Waals surface area contributed by atoms with Gasteiger partial charge in [0.05, 0.1) is 70.8 Å². The molecule has 11 aliphatic rings. The molecule has 34 nitrogen and oxygen atoms in total. The number of fused-ring (bicyclic) bond motifs is 4. The molecule has 7 aliphatic heterocycles. The molecular weight excluding hydrogens is 1320 g/mol. The second kappa shape index (κ2) is 30.3. The quantitative estimate of drug-likeness (QED) is 0.0151. The lowest BCUT2D eigenvalue weighted by Crippen LogP contribution is -2.67. The third-order valence-corrected chi connectivity index (χ3v) is 23.8. The minimum absolute atomic E-state index is 0.0106. The van der Waals surface area contributed by atoms with E-state index < -0.39 is 244 Å². The molecule has 4 aliphatic carbocycles. The van der Waals surface area contributed by atoms with E-state index in [-0.39, 0.29) is 35.8 Å². The molecule has 0 radical (unpaired) electrons. The minimum atomic E-state index is -2.06. The van der Waals surface area contributed by atoms with Crippen LogP contribution in [0.1, 0.15) is 106 Å². The zero-order valence-corrected chi connectivity index (χ0v) is 56.9. The van der Waals surface area contributed by atoms with Gasteiger partial charge in [0.15, 0.2) is 49.9 Å². The summed E-state index contributed by atoms with van der Waals surface area (Å²) < 4.78 is 79.2. The maximum absolute atomic E-state index is 14.5. The normalized spacial score (nSPS) is 51.3. The van der Waals surface area contributed by atoms with Crippen LogP contribution in [0.25, 0.3) is 0 Å². The lowest BCUT2D eigenvalue weighted by Gasteiger charge is -2.63. The Kier molecular flexibility index (Phi) is 23.7. The molecule has 7 saturated heterocycles. The minimum Gasteiger partial charge on any atom is -0.458 e. The van der Waals surface area contributed by atoms with Gasteiger partial charge in [0.2, 0.25) is 0 Å². The van der Waals surface area contributed by atoms with Crippen molar-refractivity contribution in [3.8, 4) is 0 Å². The highest BCUT2D eigenvalue weighted by molar-refractivity contribution is 5.99. The van der Waals surface area contributed by atoms with Crippen molar-refractivity contribution in [2.45, 2.75) is 290 Å². The number of hydrogen-bond acceptors (Lipinski definition) is 34. The van der Waals surface area contributed by atoms with E-state index in [0.717, 1.165) is 14.2 Å². The number of hydrogen-bond donors (Lipinski definition) is 14. The zero-order valence-electron chi connectivity index (χ0n) is 56.9. The summed E-state index contributed by atoms with van der Waals surface area (Å²) in [5, 5.41) is 157. The molecule has 1 spiro atoms. The Labute approximate surface area is 571 Å². The number of aliphatic hydroxyl groups is 14. The molecule has 11 rings (SSSR count). The van der Waals surface area contributed by atoms with Gasteiger partial charge in [-0.2, -0.15) is 0 Å². The second-order valence-corrected chi connectivity index (χ2v) is 30.0. The topological polar surface area (TPSA) is 491 Å². The predicted octanol–water partition coefficient (Wildman–Crippen LogP) is -4.39. The molecule has 7 heterocycles.